The van der Waals surface area contributed by atoms with E-state index in [1.165, 1.54) is 46.2 Å². The molecule has 1 N–H and O–H groups in total. The lowest BCUT2D eigenvalue weighted by atomic mass is 10.0. The van der Waals surface area contributed by atoms with E-state index < -0.39 is 0 Å². The maximum absolute atomic E-state index is 10.7. The molecule has 4 aromatic rings. The summed E-state index contributed by atoms with van der Waals surface area (Å²) in [5.74, 6) is 0.0728. The Morgan fingerprint density at radius 1 is 0.633 bits per heavy atom. The van der Waals surface area contributed by atoms with Crippen LogP contribution in [-0.4, -0.2) is 17.7 Å². The molecule has 0 radical (unpaired) electrons. The topological polar surface area (TPSA) is 46.5 Å². The van der Waals surface area contributed by atoms with Crippen LogP contribution in [0.15, 0.2) is 110 Å². The zero-order chi connectivity index (χ0) is 37.3. The zero-order valence-corrected chi connectivity index (χ0v) is 32.6. The Kier molecular flexibility index (Phi) is 31.1. The van der Waals surface area contributed by atoms with Gasteiger partial charge >= 0.3 is 5.97 Å². The summed E-state index contributed by atoms with van der Waals surface area (Å²) in [7, 11) is 0. The lowest BCUT2D eigenvalue weighted by molar-refractivity contribution is -0.143. The lowest BCUT2D eigenvalue weighted by Gasteiger charge is -2.02. The molecule has 0 amide bonds. The number of carbonyl (C=O) groups excluding carboxylic acids is 1. The first kappa shape index (κ1) is 47.0. The summed E-state index contributed by atoms with van der Waals surface area (Å²) < 4.78 is 4.75. The summed E-state index contributed by atoms with van der Waals surface area (Å²) in [6.45, 7) is 24.6. The molecular weight excluding hydrogens is 601 g/mol. The van der Waals surface area contributed by atoms with Gasteiger partial charge in [-0.2, -0.15) is 0 Å². The molecule has 0 atom stereocenters. The average molecular weight is 669 g/mol. The van der Waals surface area contributed by atoms with Crippen LogP contribution in [-0.2, 0) is 28.8 Å². The van der Waals surface area contributed by atoms with Crippen molar-refractivity contribution in [2.75, 3.05) is 6.61 Å². The van der Waals surface area contributed by atoms with Crippen molar-refractivity contribution < 1.29 is 14.6 Å². The van der Waals surface area contributed by atoms with Gasteiger partial charge in [-0.05, 0) is 72.9 Å². The number of aryl methyl sites for hydroxylation is 4. The van der Waals surface area contributed by atoms with Gasteiger partial charge in [-0.1, -0.05) is 184 Å². The average Bonchev–Trinajstić information content (AvgIpc) is 3.16. The fraction of sp³-hybridized carbons (Fsp3) is 0.413. The standard InChI is InChI=1S/C14H14.C10H12O.C10H14.C8H16O2.2C2H6/c1-2-12-8-10-14(11-9-12)13-6-4-3-5-7-13;1-3-9-4-6-10(7-5-9)8(2)11;1-3-6-10-8-5-4-7-9(10)2;1-3-5-6-7-8(9)10-4-2;2*1-2/h3-11H,2H2,1H3;4-7,11H,2-3H2,1H3;4-5,7-8H,3,6H2,1-2H3;3-7H2,1-2H3;2*1-2H3. The zero-order valence-electron chi connectivity index (χ0n) is 32.6. The molecule has 0 spiro atoms. The molecule has 0 bridgehead atoms. The molecule has 0 unspecified atom stereocenters. The summed E-state index contributed by atoms with van der Waals surface area (Å²) in [4.78, 5) is 10.7. The van der Waals surface area contributed by atoms with Gasteiger partial charge in [0.15, 0.2) is 0 Å². The van der Waals surface area contributed by atoms with E-state index in [4.69, 9.17) is 9.84 Å². The number of carbonyl (C=O) groups is 1. The van der Waals surface area contributed by atoms with Crippen LogP contribution < -0.4 is 0 Å². The van der Waals surface area contributed by atoms with Crippen LogP contribution in [0.4, 0.5) is 0 Å². The SMILES string of the molecule is C=C(O)c1ccc(CC)cc1.CC.CC.CCCCCC(=O)OCC.CCCc1ccccc1C.CCc1ccc(-c2ccccc2)cc1. The largest absolute Gasteiger partial charge is 0.508 e. The Bertz CT molecular complexity index is 1320. The van der Waals surface area contributed by atoms with Gasteiger partial charge < -0.3 is 9.84 Å². The number of unbranched alkanes of at least 4 members (excludes halogenated alkanes) is 2. The van der Waals surface area contributed by atoms with E-state index in [0.29, 0.717) is 13.0 Å². The van der Waals surface area contributed by atoms with E-state index in [9.17, 15) is 4.79 Å². The predicted octanol–water partition coefficient (Wildman–Crippen LogP) is 13.8. The molecule has 4 aromatic carbocycles. The lowest BCUT2D eigenvalue weighted by Crippen LogP contribution is -2.02. The molecule has 0 aliphatic carbocycles. The van der Waals surface area contributed by atoms with Crippen molar-refractivity contribution >= 4 is 11.7 Å². The fourth-order valence-corrected chi connectivity index (χ4v) is 4.41. The first-order valence-electron chi connectivity index (χ1n) is 18.6. The highest BCUT2D eigenvalue weighted by molar-refractivity contribution is 5.69. The highest BCUT2D eigenvalue weighted by atomic mass is 16.5. The van der Waals surface area contributed by atoms with Crippen molar-refractivity contribution in [2.45, 2.75) is 121 Å². The second kappa shape index (κ2) is 32.4. The second-order valence-corrected chi connectivity index (χ2v) is 10.9. The molecule has 3 heteroatoms. The molecule has 0 saturated carbocycles. The number of hydrogen-bond acceptors (Lipinski definition) is 3. The first-order valence-corrected chi connectivity index (χ1v) is 18.6. The monoisotopic (exact) mass is 669 g/mol. The predicted molar refractivity (Wildman–Crippen MR) is 217 cm³/mol. The van der Waals surface area contributed by atoms with E-state index in [-0.39, 0.29) is 11.7 Å². The molecule has 0 heterocycles. The third kappa shape index (κ3) is 23.0. The van der Waals surface area contributed by atoms with Gasteiger partial charge in [-0.25, -0.2) is 0 Å². The van der Waals surface area contributed by atoms with Crippen LogP contribution in [0.3, 0.4) is 0 Å². The summed E-state index contributed by atoms with van der Waals surface area (Å²) in [5, 5.41) is 8.99. The van der Waals surface area contributed by atoms with Gasteiger partial charge in [0.2, 0.25) is 0 Å². The van der Waals surface area contributed by atoms with Crippen molar-refractivity contribution in [3.8, 4) is 11.1 Å². The molecule has 0 aliphatic rings. The van der Waals surface area contributed by atoms with E-state index >= 15 is 0 Å². The van der Waals surface area contributed by atoms with Crippen LogP contribution in [0, 0.1) is 6.92 Å². The quantitative estimate of drug-likeness (QED) is 0.0983. The highest BCUT2D eigenvalue weighted by Crippen LogP contribution is 2.19. The Morgan fingerprint density at radius 2 is 1.12 bits per heavy atom. The van der Waals surface area contributed by atoms with Crippen LogP contribution in [0.5, 0.6) is 0 Å². The number of aliphatic hydroxyl groups is 1. The maximum atomic E-state index is 10.7. The van der Waals surface area contributed by atoms with E-state index in [0.717, 1.165) is 37.7 Å². The van der Waals surface area contributed by atoms with Gasteiger partial charge in [-0.3, -0.25) is 4.79 Å². The minimum atomic E-state index is -0.0593. The molecule has 0 aliphatic heterocycles. The van der Waals surface area contributed by atoms with Crippen molar-refractivity contribution in [3.05, 3.63) is 138 Å². The van der Waals surface area contributed by atoms with Crippen molar-refractivity contribution in [2.24, 2.45) is 0 Å². The summed E-state index contributed by atoms with van der Waals surface area (Å²) >= 11 is 0. The van der Waals surface area contributed by atoms with Crippen LogP contribution in [0.25, 0.3) is 16.9 Å². The van der Waals surface area contributed by atoms with Crippen LogP contribution in [0.1, 0.15) is 122 Å². The van der Waals surface area contributed by atoms with Gasteiger partial charge in [0.05, 0.1) is 6.61 Å². The molecule has 49 heavy (non-hydrogen) atoms. The Labute approximate surface area is 301 Å². The van der Waals surface area contributed by atoms with Gasteiger partial charge in [0, 0.05) is 12.0 Å². The van der Waals surface area contributed by atoms with Crippen molar-refractivity contribution in [3.63, 3.8) is 0 Å². The minimum Gasteiger partial charge on any atom is -0.508 e. The number of esters is 1. The normalized spacial score (nSPS) is 9.18. The Hall–Kier alpha value is -4.11. The fourth-order valence-electron chi connectivity index (χ4n) is 4.41. The maximum Gasteiger partial charge on any atom is 0.305 e. The summed E-state index contributed by atoms with van der Waals surface area (Å²) in [5.41, 5.74) is 8.95. The van der Waals surface area contributed by atoms with Crippen molar-refractivity contribution in [1.82, 2.24) is 0 Å². The number of ether oxygens (including phenoxy) is 1. The van der Waals surface area contributed by atoms with E-state index in [1.54, 1.807) is 0 Å². The van der Waals surface area contributed by atoms with Crippen LogP contribution >= 0.6 is 0 Å². The summed E-state index contributed by atoms with van der Waals surface area (Å²) in [6.07, 6.45) is 8.42. The number of hydrogen-bond donors (Lipinski definition) is 1. The molecule has 270 valence electrons. The molecule has 4 rings (SSSR count). The molecule has 3 nitrogen and oxygen atoms in total. The highest BCUT2D eigenvalue weighted by Gasteiger charge is 1.99. The molecule has 0 saturated heterocycles. The second-order valence-electron chi connectivity index (χ2n) is 10.9. The number of benzene rings is 4. The van der Waals surface area contributed by atoms with Gasteiger partial charge in [0.25, 0.3) is 0 Å². The number of aliphatic hydroxyl groups excluding tert-OH is 1. The Balaban J connectivity index is 0. The van der Waals surface area contributed by atoms with E-state index in [2.05, 4.69) is 114 Å². The summed E-state index contributed by atoms with van der Waals surface area (Å²) in [6, 6.07) is 35.6. The molecule has 0 aromatic heterocycles. The molecular formula is C46H68O3. The molecule has 0 fully saturated rings. The smallest absolute Gasteiger partial charge is 0.305 e. The third-order valence-corrected chi connectivity index (χ3v) is 7.24. The van der Waals surface area contributed by atoms with Crippen LogP contribution in [0.2, 0.25) is 0 Å². The van der Waals surface area contributed by atoms with E-state index in [1.807, 2.05) is 65.0 Å². The first-order chi connectivity index (χ1) is 23.8. The van der Waals surface area contributed by atoms with Gasteiger partial charge in [0.1, 0.15) is 5.76 Å². The number of rotatable bonds is 11. The third-order valence-electron chi connectivity index (χ3n) is 7.24. The minimum absolute atomic E-state index is 0.0593. The van der Waals surface area contributed by atoms with Crippen molar-refractivity contribution in [1.29, 1.82) is 0 Å². The Morgan fingerprint density at radius 3 is 1.57 bits per heavy atom. The van der Waals surface area contributed by atoms with Gasteiger partial charge in [-0.15, -0.1) is 0 Å².